The summed E-state index contributed by atoms with van der Waals surface area (Å²) in [6.45, 7) is 4.53. The van der Waals surface area contributed by atoms with Crippen molar-refractivity contribution < 1.29 is 13.2 Å². The molecule has 10 heteroatoms. The van der Waals surface area contributed by atoms with Crippen molar-refractivity contribution >= 4 is 34.7 Å². The minimum Gasteiger partial charge on any atom is -0.384 e. The van der Waals surface area contributed by atoms with E-state index < -0.39 is 12.2 Å². The summed E-state index contributed by atoms with van der Waals surface area (Å²) < 4.78 is 38.4. The number of nitrogens with one attached hydrogen (secondary N) is 4. The van der Waals surface area contributed by atoms with Crippen LogP contribution in [0, 0.1) is 5.41 Å². The Morgan fingerprint density at radius 3 is 2.65 bits per heavy atom. The van der Waals surface area contributed by atoms with Crippen LogP contribution in [0.25, 0.3) is 5.70 Å². The molecule has 1 heterocycles. The van der Waals surface area contributed by atoms with Crippen LogP contribution in [0.5, 0.6) is 0 Å². The van der Waals surface area contributed by atoms with E-state index in [9.17, 15) is 13.2 Å². The Labute approximate surface area is 160 Å². The van der Waals surface area contributed by atoms with Gasteiger partial charge in [-0.15, -0.1) is 24.0 Å². The van der Waals surface area contributed by atoms with E-state index in [1.165, 1.54) is 18.4 Å². The summed E-state index contributed by atoms with van der Waals surface area (Å²) in [5.41, 5.74) is 6.02. The highest BCUT2D eigenvalue weighted by Gasteiger charge is 2.38. The average Bonchev–Trinajstić information content (AvgIpc) is 3.30. The van der Waals surface area contributed by atoms with E-state index in [0.717, 1.165) is 23.4 Å². The third kappa shape index (κ3) is 5.97. The molecule has 0 aromatic carbocycles. The van der Waals surface area contributed by atoms with Gasteiger partial charge >= 0.3 is 6.18 Å². The number of unbranched alkanes of at least 4 members (excludes halogenated alkanes) is 1. The maximum absolute atomic E-state index is 12.8. The lowest BCUT2D eigenvalue weighted by molar-refractivity contribution is -0.159. The molecular weight excluding hydrogens is 383 g/mol. The van der Waals surface area contributed by atoms with Crippen LogP contribution < -0.4 is 16.2 Å². The minimum absolute atomic E-state index is 0.00346. The lowest BCUT2D eigenvalue weighted by Crippen LogP contribution is -2.47. The second-order valence-corrected chi connectivity index (χ2v) is 7.72. The molecule has 0 bridgehead atoms. The number of hydrogen-bond donors (Lipinski definition) is 5. The maximum Gasteiger partial charge on any atom is 0.405 e. The molecule has 1 aliphatic rings. The lowest BCUT2D eigenvalue weighted by atomic mass is 10.1. The molecular formula is C16H24F3N5S2. The largest absolute Gasteiger partial charge is 0.405 e. The molecule has 0 amide bonds. The number of nitrogens with zero attached hydrogens (tertiary/aromatic N) is 1. The van der Waals surface area contributed by atoms with E-state index in [1.54, 1.807) is 0 Å². The second-order valence-electron chi connectivity index (χ2n) is 6.24. The maximum atomic E-state index is 12.8. The van der Waals surface area contributed by atoms with Gasteiger partial charge in [0.1, 0.15) is 21.8 Å². The van der Waals surface area contributed by atoms with Crippen LogP contribution in [-0.4, -0.2) is 35.8 Å². The van der Waals surface area contributed by atoms with Gasteiger partial charge in [-0.1, -0.05) is 6.58 Å². The lowest BCUT2D eigenvalue weighted by Gasteiger charge is -2.21. The fourth-order valence-electron chi connectivity index (χ4n) is 2.56. The van der Waals surface area contributed by atoms with Gasteiger partial charge < -0.3 is 5.32 Å². The molecule has 5 nitrogen and oxygen atoms in total. The van der Waals surface area contributed by atoms with Gasteiger partial charge in [0.15, 0.2) is 0 Å². The fourth-order valence-corrected chi connectivity index (χ4v) is 3.86. The molecule has 26 heavy (non-hydrogen) atoms. The Morgan fingerprint density at radius 2 is 2.12 bits per heavy atom. The standard InChI is InChI=1S/C16H24F3N5S2/c1-9(12-13(10-6-7-10)26-15(23-12)14(20)25)22-8-4-3-5-11(24-21-2)16(17,18)19/h10-11,21-22,24H,1,3-8H2,2H3,(H2,20,25). The van der Waals surface area contributed by atoms with E-state index >= 15 is 0 Å². The third-order valence-corrected chi connectivity index (χ3v) is 5.66. The Hall–Kier alpha value is -1.10. The van der Waals surface area contributed by atoms with Crippen molar-refractivity contribution in [2.75, 3.05) is 13.6 Å². The van der Waals surface area contributed by atoms with Crippen LogP contribution in [0.4, 0.5) is 13.2 Å². The topological polar surface area (TPSA) is 72.8 Å². The van der Waals surface area contributed by atoms with Crippen LogP contribution in [0.15, 0.2) is 6.58 Å². The predicted molar refractivity (Wildman–Crippen MR) is 103 cm³/mol. The van der Waals surface area contributed by atoms with Crippen molar-refractivity contribution in [3.05, 3.63) is 22.2 Å². The Morgan fingerprint density at radius 1 is 1.42 bits per heavy atom. The Bertz CT molecular complexity index is 640. The smallest absolute Gasteiger partial charge is 0.384 e. The zero-order valence-electron chi connectivity index (χ0n) is 14.5. The number of alkyl halides is 3. The zero-order valence-corrected chi connectivity index (χ0v) is 16.3. The van der Waals surface area contributed by atoms with E-state index in [4.69, 9.17) is 5.41 Å². The predicted octanol–water partition coefficient (Wildman–Crippen LogP) is 3.66. The Balaban J connectivity index is 1.81. The van der Waals surface area contributed by atoms with Crippen molar-refractivity contribution in [2.45, 2.75) is 50.2 Å². The Kier molecular flexibility index (Phi) is 7.51. The van der Waals surface area contributed by atoms with Crippen LogP contribution >= 0.6 is 24.0 Å². The van der Waals surface area contributed by atoms with Crippen molar-refractivity contribution in [1.82, 2.24) is 21.2 Å². The summed E-state index contributed by atoms with van der Waals surface area (Å²) in [6.07, 6.45) is -1.03. The normalized spacial score (nSPS) is 15.7. The summed E-state index contributed by atoms with van der Waals surface area (Å²) in [5, 5.41) is 11.5. The molecule has 146 valence electrons. The van der Waals surface area contributed by atoms with E-state index in [-0.39, 0.29) is 11.5 Å². The number of hydrogen-bond acceptors (Lipinski definition) is 6. The molecule has 2 rings (SSSR count). The van der Waals surface area contributed by atoms with Gasteiger partial charge in [-0.3, -0.25) is 10.8 Å². The molecule has 1 aliphatic carbocycles. The highest BCUT2D eigenvalue weighted by Crippen LogP contribution is 2.45. The first-order valence-electron chi connectivity index (χ1n) is 8.44. The molecule has 1 saturated carbocycles. The molecule has 0 spiro atoms. The van der Waals surface area contributed by atoms with Crippen molar-refractivity contribution in [3.63, 3.8) is 0 Å². The monoisotopic (exact) mass is 407 g/mol. The van der Waals surface area contributed by atoms with Crippen molar-refractivity contribution in [2.24, 2.45) is 0 Å². The summed E-state index contributed by atoms with van der Waals surface area (Å²) in [6, 6.07) is -1.56. The molecule has 0 saturated heterocycles. The molecule has 1 aromatic heterocycles. The quantitative estimate of drug-likeness (QED) is 0.128. The first kappa shape index (κ1) is 21.2. The first-order valence-corrected chi connectivity index (χ1v) is 9.71. The van der Waals surface area contributed by atoms with Gasteiger partial charge in [-0.2, -0.15) is 13.2 Å². The summed E-state index contributed by atoms with van der Waals surface area (Å²) in [7, 11) is 1.42. The summed E-state index contributed by atoms with van der Waals surface area (Å²) in [5.74, 6) is 0.475. The molecule has 4 N–H and O–H groups in total. The zero-order chi connectivity index (χ0) is 19.3. The minimum atomic E-state index is -4.27. The SMILES string of the molecule is C=C(NCCCCC(NNC)C(F)(F)F)c1nc(C(=N)S)sc1C1CC1. The van der Waals surface area contributed by atoms with Crippen molar-refractivity contribution in [1.29, 1.82) is 5.41 Å². The van der Waals surface area contributed by atoms with E-state index in [0.29, 0.717) is 36.0 Å². The van der Waals surface area contributed by atoms with E-state index in [1.807, 2.05) is 0 Å². The van der Waals surface area contributed by atoms with Crippen LogP contribution in [0.2, 0.25) is 0 Å². The number of thiol groups is 1. The van der Waals surface area contributed by atoms with Gasteiger partial charge in [-0.25, -0.2) is 10.4 Å². The molecule has 0 radical (unpaired) electrons. The van der Waals surface area contributed by atoms with Crippen LogP contribution in [-0.2, 0) is 0 Å². The third-order valence-electron chi connectivity index (χ3n) is 4.06. The highest BCUT2D eigenvalue weighted by atomic mass is 32.1. The van der Waals surface area contributed by atoms with Gasteiger partial charge in [0.25, 0.3) is 0 Å². The fraction of sp³-hybridized carbons (Fsp3) is 0.625. The highest BCUT2D eigenvalue weighted by molar-refractivity contribution is 7.97. The van der Waals surface area contributed by atoms with E-state index in [2.05, 4.69) is 40.4 Å². The summed E-state index contributed by atoms with van der Waals surface area (Å²) >= 11 is 5.51. The molecule has 1 aromatic rings. The number of thiazole rings is 1. The number of rotatable bonds is 11. The van der Waals surface area contributed by atoms with Crippen LogP contribution in [0.1, 0.15) is 53.6 Å². The first-order chi connectivity index (χ1) is 12.2. The molecule has 1 atom stereocenters. The molecule has 0 aliphatic heterocycles. The van der Waals surface area contributed by atoms with Gasteiger partial charge in [0.05, 0.1) is 5.70 Å². The summed E-state index contributed by atoms with van der Waals surface area (Å²) in [4.78, 5) is 5.56. The molecule has 1 unspecified atom stereocenters. The second kappa shape index (κ2) is 9.20. The molecule has 1 fully saturated rings. The van der Waals surface area contributed by atoms with Gasteiger partial charge in [0, 0.05) is 11.4 Å². The average molecular weight is 408 g/mol. The van der Waals surface area contributed by atoms with Gasteiger partial charge in [0.2, 0.25) is 0 Å². The number of halogens is 3. The number of hydrazine groups is 1. The van der Waals surface area contributed by atoms with Crippen molar-refractivity contribution in [3.8, 4) is 0 Å². The number of aromatic nitrogens is 1. The van der Waals surface area contributed by atoms with Crippen LogP contribution in [0.3, 0.4) is 0 Å². The van der Waals surface area contributed by atoms with Gasteiger partial charge in [-0.05, 0) is 45.1 Å².